The van der Waals surface area contributed by atoms with Gasteiger partial charge in [0.1, 0.15) is 17.1 Å². The van der Waals surface area contributed by atoms with Crippen molar-refractivity contribution in [2.24, 2.45) is 0 Å². The summed E-state index contributed by atoms with van der Waals surface area (Å²) >= 11 is 0. The van der Waals surface area contributed by atoms with Crippen LogP contribution in [-0.2, 0) is 4.79 Å². The highest BCUT2D eigenvalue weighted by molar-refractivity contribution is 6.05. The molecule has 31 heavy (non-hydrogen) atoms. The zero-order valence-corrected chi connectivity index (χ0v) is 17.3. The summed E-state index contributed by atoms with van der Waals surface area (Å²) in [6.45, 7) is 4.23. The first-order chi connectivity index (χ1) is 15.0. The Kier molecular flexibility index (Phi) is 5.85. The first kappa shape index (κ1) is 20.4. The number of furan rings is 1. The number of allylic oxidation sites excluding steroid dienone is 1. The molecule has 0 fully saturated rings. The zero-order chi connectivity index (χ0) is 21.8. The van der Waals surface area contributed by atoms with E-state index in [0.29, 0.717) is 23.6 Å². The first-order valence-corrected chi connectivity index (χ1v) is 10.0. The summed E-state index contributed by atoms with van der Waals surface area (Å²) in [6.07, 6.45) is 3.21. The van der Waals surface area contributed by atoms with Crippen LogP contribution in [0.2, 0.25) is 0 Å². The van der Waals surface area contributed by atoms with Gasteiger partial charge in [-0.2, -0.15) is 0 Å². The third kappa shape index (κ3) is 4.51. The van der Waals surface area contributed by atoms with Crippen LogP contribution in [0.5, 0.6) is 5.75 Å². The van der Waals surface area contributed by atoms with Crippen molar-refractivity contribution in [2.45, 2.75) is 13.8 Å². The minimum atomic E-state index is -0.406. The summed E-state index contributed by atoms with van der Waals surface area (Å²) < 4.78 is 25.0. The van der Waals surface area contributed by atoms with Gasteiger partial charge in [-0.3, -0.25) is 4.79 Å². The molecule has 0 atom stereocenters. The van der Waals surface area contributed by atoms with Crippen LogP contribution < -0.4 is 10.1 Å². The molecule has 4 aromatic rings. The molecule has 4 rings (SSSR count). The minimum absolute atomic E-state index is 0.346. The number of amides is 1. The van der Waals surface area contributed by atoms with Crippen LogP contribution in [0.15, 0.2) is 83.5 Å². The highest BCUT2D eigenvalue weighted by atomic mass is 19.1. The number of nitrogens with one attached hydrogen (secondary N) is 1. The number of carbonyl (C=O) groups is 1. The quantitative estimate of drug-likeness (QED) is 0.357. The minimum Gasteiger partial charge on any atom is -0.493 e. The number of anilines is 1. The lowest BCUT2D eigenvalue weighted by molar-refractivity contribution is -0.111. The van der Waals surface area contributed by atoms with Gasteiger partial charge < -0.3 is 14.5 Å². The molecule has 0 radical (unpaired) electrons. The number of carbonyl (C=O) groups excluding carboxylic acids is 1. The Hall–Kier alpha value is -3.86. The normalized spacial score (nSPS) is 11.5. The fraction of sp³-hybridized carbons (Fsp3) is 0.115. The second-order valence-corrected chi connectivity index (χ2v) is 7.12. The van der Waals surface area contributed by atoms with Crippen molar-refractivity contribution in [1.82, 2.24) is 0 Å². The summed E-state index contributed by atoms with van der Waals surface area (Å²) in [6, 6.07) is 19.6. The lowest BCUT2D eigenvalue weighted by Crippen LogP contribution is -2.09. The summed E-state index contributed by atoms with van der Waals surface area (Å²) in [5.41, 5.74) is 4.64. The summed E-state index contributed by atoms with van der Waals surface area (Å²) in [5, 5.41) is 3.62. The van der Waals surface area contributed by atoms with Crippen LogP contribution in [0.1, 0.15) is 19.4 Å². The number of ether oxygens (including phenoxy) is 1. The van der Waals surface area contributed by atoms with Crippen molar-refractivity contribution < 1.29 is 18.3 Å². The summed E-state index contributed by atoms with van der Waals surface area (Å²) in [7, 11) is 0. The Labute approximate surface area is 180 Å². The van der Waals surface area contributed by atoms with Crippen molar-refractivity contribution in [2.75, 3.05) is 11.9 Å². The van der Waals surface area contributed by atoms with Gasteiger partial charge in [-0.1, -0.05) is 36.4 Å². The van der Waals surface area contributed by atoms with E-state index in [1.165, 1.54) is 18.2 Å². The molecule has 1 N–H and O–H groups in total. The van der Waals surface area contributed by atoms with Crippen LogP contribution in [0.4, 0.5) is 10.1 Å². The molecule has 0 aliphatic heterocycles. The molecule has 1 heterocycles. The number of halogens is 1. The number of hydrogen-bond acceptors (Lipinski definition) is 3. The van der Waals surface area contributed by atoms with E-state index in [4.69, 9.17) is 9.15 Å². The Balaban J connectivity index is 1.72. The van der Waals surface area contributed by atoms with Crippen LogP contribution in [0, 0.1) is 5.82 Å². The average molecular weight is 415 g/mol. The van der Waals surface area contributed by atoms with E-state index in [1.54, 1.807) is 18.4 Å². The molecule has 0 aliphatic rings. The van der Waals surface area contributed by atoms with Gasteiger partial charge in [0.05, 0.1) is 12.9 Å². The molecule has 156 valence electrons. The van der Waals surface area contributed by atoms with Gasteiger partial charge in [0.15, 0.2) is 0 Å². The van der Waals surface area contributed by atoms with Gasteiger partial charge in [-0.15, -0.1) is 0 Å². The van der Waals surface area contributed by atoms with Crippen molar-refractivity contribution in [3.8, 4) is 16.9 Å². The Morgan fingerprint density at radius 3 is 2.65 bits per heavy atom. The van der Waals surface area contributed by atoms with E-state index in [2.05, 4.69) is 5.32 Å². The number of benzene rings is 3. The SMILES string of the molecule is CCOc1cc2occ(-c3ccccc3)c2cc1/C(C)=C/C(=O)Nc1cccc(F)c1. The topological polar surface area (TPSA) is 51.5 Å². The highest BCUT2D eigenvalue weighted by Gasteiger charge is 2.15. The van der Waals surface area contributed by atoms with Crippen molar-refractivity contribution in [3.63, 3.8) is 0 Å². The maximum absolute atomic E-state index is 13.4. The second kappa shape index (κ2) is 8.88. The first-order valence-electron chi connectivity index (χ1n) is 10.0. The summed E-state index contributed by atoms with van der Waals surface area (Å²) in [4.78, 5) is 12.5. The molecule has 0 saturated carbocycles. The molecular formula is C26H22FNO3. The molecule has 3 aromatic carbocycles. The number of hydrogen-bond donors (Lipinski definition) is 1. The monoisotopic (exact) mass is 415 g/mol. The molecule has 0 aliphatic carbocycles. The van der Waals surface area contributed by atoms with Gasteiger partial charge in [0.2, 0.25) is 5.91 Å². The Morgan fingerprint density at radius 2 is 1.90 bits per heavy atom. The summed E-state index contributed by atoms with van der Waals surface area (Å²) in [5.74, 6) is -0.117. The van der Waals surface area contributed by atoms with E-state index >= 15 is 0 Å². The maximum Gasteiger partial charge on any atom is 0.248 e. The average Bonchev–Trinajstić information content (AvgIpc) is 3.17. The molecule has 5 heteroatoms. The third-order valence-corrected chi connectivity index (χ3v) is 4.92. The van der Waals surface area contributed by atoms with E-state index in [0.717, 1.165) is 27.6 Å². The maximum atomic E-state index is 13.4. The van der Waals surface area contributed by atoms with Crippen LogP contribution in [0.25, 0.3) is 27.7 Å². The molecule has 4 nitrogen and oxygen atoms in total. The van der Waals surface area contributed by atoms with Crippen LogP contribution in [0.3, 0.4) is 0 Å². The Bertz CT molecular complexity index is 1260. The lowest BCUT2D eigenvalue weighted by Gasteiger charge is -2.12. The van der Waals surface area contributed by atoms with Crippen molar-refractivity contribution in [3.05, 3.63) is 90.4 Å². The van der Waals surface area contributed by atoms with E-state index in [1.807, 2.05) is 56.3 Å². The van der Waals surface area contributed by atoms with E-state index in [9.17, 15) is 9.18 Å². The van der Waals surface area contributed by atoms with Gasteiger partial charge in [-0.25, -0.2) is 4.39 Å². The van der Waals surface area contributed by atoms with Crippen LogP contribution >= 0.6 is 0 Å². The van der Waals surface area contributed by atoms with Crippen LogP contribution in [-0.4, -0.2) is 12.5 Å². The van der Waals surface area contributed by atoms with Gasteiger partial charge in [0, 0.05) is 34.3 Å². The molecule has 0 spiro atoms. The third-order valence-electron chi connectivity index (χ3n) is 4.92. The van der Waals surface area contributed by atoms with Crippen molar-refractivity contribution in [1.29, 1.82) is 0 Å². The number of rotatable bonds is 6. The standard InChI is InChI=1S/C26H22FNO3/c1-3-30-24-15-25-22(23(16-31-25)18-8-5-4-6-9-18)14-21(24)17(2)12-26(29)28-20-11-7-10-19(27)13-20/h4-16H,3H2,1-2H3,(H,28,29)/b17-12+. The highest BCUT2D eigenvalue weighted by Crippen LogP contribution is 2.37. The fourth-order valence-electron chi connectivity index (χ4n) is 3.50. The van der Waals surface area contributed by atoms with Gasteiger partial charge in [-0.05, 0) is 49.2 Å². The molecule has 1 aromatic heterocycles. The van der Waals surface area contributed by atoms with Gasteiger partial charge >= 0.3 is 0 Å². The molecule has 1 amide bonds. The number of fused-ring (bicyclic) bond motifs is 1. The van der Waals surface area contributed by atoms with Crippen molar-refractivity contribution >= 4 is 28.1 Å². The predicted molar refractivity (Wildman–Crippen MR) is 121 cm³/mol. The van der Waals surface area contributed by atoms with E-state index < -0.39 is 5.82 Å². The predicted octanol–water partition coefficient (Wildman–Crippen LogP) is 6.68. The largest absolute Gasteiger partial charge is 0.493 e. The smallest absolute Gasteiger partial charge is 0.248 e. The Morgan fingerprint density at radius 1 is 1.10 bits per heavy atom. The fourth-order valence-corrected chi connectivity index (χ4v) is 3.50. The molecular weight excluding hydrogens is 393 g/mol. The second-order valence-electron chi connectivity index (χ2n) is 7.12. The molecule has 0 saturated heterocycles. The van der Waals surface area contributed by atoms with Gasteiger partial charge in [0.25, 0.3) is 0 Å². The van der Waals surface area contributed by atoms with E-state index in [-0.39, 0.29) is 5.91 Å². The molecule has 0 unspecified atom stereocenters. The zero-order valence-electron chi connectivity index (χ0n) is 17.3. The molecule has 0 bridgehead atoms. The lowest BCUT2D eigenvalue weighted by atomic mass is 9.99.